The first-order valence-electron chi connectivity index (χ1n) is 7.36. The Morgan fingerprint density at radius 3 is 2.58 bits per heavy atom. The van der Waals surface area contributed by atoms with Crippen LogP contribution in [0.2, 0.25) is 0 Å². The highest BCUT2D eigenvalue weighted by molar-refractivity contribution is 14.1. The number of Topliss-reactive ketones (excluding diaryl/α,β-unsaturated/α-hetero) is 1. The van der Waals surface area contributed by atoms with Crippen LogP contribution in [0.15, 0.2) is 58.1 Å². The van der Waals surface area contributed by atoms with E-state index in [-0.39, 0.29) is 24.5 Å². The minimum Gasteiger partial charge on any atom is -0.299 e. The van der Waals surface area contributed by atoms with Crippen molar-refractivity contribution >= 4 is 56.4 Å². The molecule has 2 rings (SSSR count). The third kappa shape index (κ3) is 6.92. The Balaban J connectivity index is 1.72. The van der Waals surface area contributed by atoms with Crippen LogP contribution in [-0.4, -0.2) is 17.9 Å². The maximum absolute atomic E-state index is 11.9. The summed E-state index contributed by atoms with van der Waals surface area (Å²) in [6.45, 7) is 0. The van der Waals surface area contributed by atoms with Crippen molar-refractivity contribution in [3.63, 3.8) is 0 Å². The number of benzene rings is 2. The number of hydrogen-bond acceptors (Lipinski definition) is 3. The van der Waals surface area contributed by atoms with Crippen molar-refractivity contribution in [2.24, 2.45) is 5.10 Å². The molecule has 0 aliphatic carbocycles. The van der Waals surface area contributed by atoms with E-state index in [0.717, 1.165) is 19.2 Å². The highest BCUT2D eigenvalue weighted by Gasteiger charge is 2.07. The fourth-order valence-electron chi connectivity index (χ4n) is 1.99. The molecule has 6 heteroatoms. The van der Waals surface area contributed by atoms with Gasteiger partial charge in [0.15, 0.2) is 0 Å². The predicted molar refractivity (Wildman–Crippen MR) is 107 cm³/mol. The molecule has 0 unspecified atom stereocenters. The molecule has 0 radical (unpaired) electrons. The van der Waals surface area contributed by atoms with Crippen LogP contribution >= 0.6 is 38.5 Å². The first kappa shape index (κ1) is 18.8. The van der Waals surface area contributed by atoms with Crippen molar-refractivity contribution in [1.29, 1.82) is 0 Å². The molecule has 1 N–H and O–H groups in total. The summed E-state index contributed by atoms with van der Waals surface area (Å²) in [6, 6.07) is 15.4. The van der Waals surface area contributed by atoms with Gasteiger partial charge in [0.05, 0.1) is 6.21 Å². The number of nitrogens with one attached hydrogen (secondary N) is 1. The van der Waals surface area contributed by atoms with Crippen molar-refractivity contribution in [2.45, 2.75) is 19.3 Å². The SMILES string of the molecule is O=C(CCC(=O)N/N=C/c1cccc(Br)c1)Cc1ccc(I)cc1. The summed E-state index contributed by atoms with van der Waals surface area (Å²) in [5, 5.41) is 3.90. The monoisotopic (exact) mass is 498 g/mol. The third-order valence-corrected chi connectivity index (χ3v) is 4.41. The molecule has 0 saturated carbocycles. The van der Waals surface area contributed by atoms with Crippen molar-refractivity contribution in [2.75, 3.05) is 0 Å². The van der Waals surface area contributed by atoms with Crippen molar-refractivity contribution in [3.8, 4) is 0 Å². The summed E-state index contributed by atoms with van der Waals surface area (Å²) in [5.41, 5.74) is 4.28. The van der Waals surface area contributed by atoms with Gasteiger partial charge in [0, 0.05) is 27.3 Å². The Labute approximate surface area is 163 Å². The van der Waals surface area contributed by atoms with Gasteiger partial charge in [0.1, 0.15) is 5.78 Å². The fourth-order valence-corrected chi connectivity index (χ4v) is 2.77. The molecule has 0 spiro atoms. The number of carbonyl (C=O) groups is 2. The van der Waals surface area contributed by atoms with Gasteiger partial charge in [0.25, 0.3) is 0 Å². The molecule has 2 aromatic carbocycles. The number of nitrogens with zero attached hydrogens (tertiary/aromatic N) is 1. The lowest BCUT2D eigenvalue weighted by Gasteiger charge is -2.02. The maximum atomic E-state index is 11.9. The van der Waals surface area contributed by atoms with E-state index in [9.17, 15) is 9.59 Å². The molecular formula is C18H16BrIN2O2. The van der Waals surface area contributed by atoms with Gasteiger partial charge in [-0.15, -0.1) is 0 Å². The predicted octanol–water partition coefficient (Wildman–Crippen LogP) is 4.10. The summed E-state index contributed by atoms with van der Waals surface area (Å²) in [5.74, 6) is -0.223. The topological polar surface area (TPSA) is 58.5 Å². The number of rotatable bonds is 7. The molecule has 0 fully saturated rings. The highest BCUT2D eigenvalue weighted by atomic mass is 127. The lowest BCUT2D eigenvalue weighted by atomic mass is 10.1. The molecule has 0 bridgehead atoms. The molecule has 0 heterocycles. The Hall–Kier alpha value is -1.54. The van der Waals surface area contributed by atoms with Crippen molar-refractivity contribution in [1.82, 2.24) is 5.43 Å². The lowest BCUT2D eigenvalue weighted by molar-refractivity contribution is -0.125. The second-order valence-corrected chi connectivity index (χ2v) is 7.35. The van der Waals surface area contributed by atoms with Crippen molar-refractivity contribution < 1.29 is 9.59 Å². The summed E-state index contributed by atoms with van der Waals surface area (Å²) in [7, 11) is 0. The summed E-state index contributed by atoms with van der Waals surface area (Å²) in [4.78, 5) is 23.6. The van der Waals surface area contributed by atoms with Gasteiger partial charge >= 0.3 is 0 Å². The molecule has 1 amide bonds. The molecule has 0 aliphatic rings. The number of carbonyl (C=O) groups excluding carboxylic acids is 2. The molecule has 0 aromatic heterocycles. The minimum atomic E-state index is -0.266. The van der Waals surface area contributed by atoms with E-state index in [1.165, 1.54) is 0 Å². The Morgan fingerprint density at radius 2 is 1.88 bits per heavy atom. The van der Waals surface area contributed by atoms with E-state index in [4.69, 9.17) is 0 Å². The second kappa shape index (κ2) is 9.68. The van der Waals surface area contributed by atoms with Gasteiger partial charge in [-0.1, -0.05) is 40.2 Å². The van der Waals surface area contributed by atoms with Crippen LogP contribution in [0.1, 0.15) is 24.0 Å². The van der Waals surface area contributed by atoms with E-state index >= 15 is 0 Å². The van der Waals surface area contributed by atoms with Gasteiger partial charge in [-0.3, -0.25) is 9.59 Å². The van der Waals surface area contributed by atoms with Gasteiger partial charge < -0.3 is 0 Å². The van der Waals surface area contributed by atoms with Crippen LogP contribution in [-0.2, 0) is 16.0 Å². The minimum absolute atomic E-state index is 0.0438. The molecule has 0 atom stereocenters. The third-order valence-electron chi connectivity index (χ3n) is 3.20. The van der Waals surface area contributed by atoms with E-state index < -0.39 is 0 Å². The quantitative estimate of drug-likeness (QED) is 0.355. The van der Waals surface area contributed by atoms with Gasteiger partial charge in [-0.05, 0) is 58.0 Å². The van der Waals surface area contributed by atoms with Gasteiger partial charge in [-0.2, -0.15) is 5.10 Å². The molecular weight excluding hydrogens is 483 g/mol. The van der Waals surface area contributed by atoms with Crippen molar-refractivity contribution in [3.05, 3.63) is 67.7 Å². The Kier molecular flexibility index (Phi) is 7.58. The number of hydrogen-bond donors (Lipinski definition) is 1. The van der Waals surface area contributed by atoms with E-state index in [2.05, 4.69) is 49.0 Å². The molecule has 124 valence electrons. The van der Waals surface area contributed by atoms with E-state index in [0.29, 0.717) is 6.42 Å². The van der Waals surface area contributed by atoms with Gasteiger partial charge in [-0.25, -0.2) is 5.43 Å². The highest BCUT2D eigenvalue weighted by Crippen LogP contribution is 2.10. The van der Waals surface area contributed by atoms with Crippen LogP contribution in [0.3, 0.4) is 0 Å². The smallest absolute Gasteiger partial charge is 0.240 e. The first-order chi connectivity index (χ1) is 11.5. The Bertz CT molecular complexity index is 745. The average Bonchev–Trinajstić information content (AvgIpc) is 2.55. The zero-order valence-electron chi connectivity index (χ0n) is 12.8. The van der Waals surface area contributed by atoms with Gasteiger partial charge in [0.2, 0.25) is 5.91 Å². The normalized spacial score (nSPS) is 10.8. The fraction of sp³-hybridized carbons (Fsp3) is 0.167. The number of halogens is 2. The van der Waals surface area contributed by atoms with Crippen LogP contribution in [0, 0.1) is 3.57 Å². The summed E-state index contributed by atoms with van der Waals surface area (Å²) in [6.07, 6.45) is 2.27. The molecule has 0 aliphatic heterocycles. The maximum Gasteiger partial charge on any atom is 0.240 e. The van der Waals surface area contributed by atoms with Crippen LogP contribution in [0.4, 0.5) is 0 Å². The largest absolute Gasteiger partial charge is 0.299 e. The Morgan fingerprint density at radius 1 is 1.12 bits per heavy atom. The summed E-state index contributed by atoms with van der Waals surface area (Å²) < 4.78 is 2.07. The molecule has 0 saturated heterocycles. The summed E-state index contributed by atoms with van der Waals surface area (Å²) >= 11 is 5.59. The lowest BCUT2D eigenvalue weighted by Crippen LogP contribution is -2.18. The standard InChI is InChI=1S/C18H16BrIN2O2/c19-15-3-1-2-14(10-15)12-21-22-18(24)9-8-17(23)11-13-4-6-16(20)7-5-13/h1-7,10,12H,8-9,11H2,(H,22,24)/b21-12+. The van der Waals surface area contributed by atoms with Crippen LogP contribution in [0.5, 0.6) is 0 Å². The zero-order valence-corrected chi connectivity index (χ0v) is 16.6. The zero-order chi connectivity index (χ0) is 17.4. The number of amides is 1. The van der Waals surface area contributed by atoms with E-state index in [1.807, 2.05) is 48.5 Å². The average molecular weight is 499 g/mol. The number of hydrazone groups is 1. The van der Waals surface area contributed by atoms with Crippen LogP contribution in [0.25, 0.3) is 0 Å². The first-order valence-corrected chi connectivity index (χ1v) is 9.24. The second-order valence-electron chi connectivity index (χ2n) is 5.19. The van der Waals surface area contributed by atoms with E-state index in [1.54, 1.807) is 6.21 Å². The number of ketones is 1. The molecule has 2 aromatic rings. The molecule has 24 heavy (non-hydrogen) atoms. The van der Waals surface area contributed by atoms with Crippen LogP contribution < -0.4 is 5.43 Å². The molecule has 4 nitrogen and oxygen atoms in total.